The molecule has 0 fully saturated rings. The molecular weight excluding hydrogens is 310 g/mol. The molecule has 0 radical (unpaired) electrons. The molecule has 1 aromatic carbocycles. The molecule has 1 aromatic rings. The van der Waals surface area contributed by atoms with Gasteiger partial charge in [0.15, 0.2) is 0 Å². The molecule has 1 N–H and O–H groups in total. The first-order valence-electron chi connectivity index (χ1n) is 7.44. The predicted molar refractivity (Wildman–Crippen MR) is 96.6 cm³/mol. The maximum Gasteiger partial charge on any atom is 0.216 e. The summed E-state index contributed by atoms with van der Waals surface area (Å²) in [7, 11) is 0. The van der Waals surface area contributed by atoms with Crippen LogP contribution < -0.4 is 10.1 Å². The maximum atomic E-state index is 11.7. The van der Waals surface area contributed by atoms with Gasteiger partial charge in [0.05, 0.1) is 6.61 Å². The van der Waals surface area contributed by atoms with Crippen molar-refractivity contribution >= 4 is 28.9 Å². The molecule has 0 aliphatic carbocycles. The number of thioether (sulfide) groups is 1. The number of nitrogens with one attached hydrogen (secondary N) is 1. The SMILES string of the molecule is C=C(C)CCOc1ccc(/C=C/C(=O)SCCNC(C)=O)cc1. The molecule has 5 heteroatoms. The van der Waals surface area contributed by atoms with Crippen molar-refractivity contribution in [1.29, 1.82) is 0 Å². The van der Waals surface area contributed by atoms with Gasteiger partial charge in [-0.25, -0.2) is 0 Å². The number of carbonyl (C=O) groups excluding carboxylic acids is 2. The summed E-state index contributed by atoms with van der Waals surface area (Å²) in [6.45, 7) is 8.38. The lowest BCUT2D eigenvalue weighted by Gasteiger charge is -2.05. The Kier molecular flexibility index (Phi) is 8.83. The highest BCUT2D eigenvalue weighted by Crippen LogP contribution is 2.14. The molecule has 124 valence electrons. The van der Waals surface area contributed by atoms with Gasteiger partial charge >= 0.3 is 0 Å². The van der Waals surface area contributed by atoms with Crippen molar-refractivity contribution in [3.63, 3.8) is 0 Å². The van der Waals surface area contributed by atoms with Crippen LogP contribution in [0.5, 0.6) is 5.75 Å². The lowest BCUT2D eigenvalue weighted by Crippen LogP contribution is -2.22. The zero-order chi connectivity index (χ0) is 17.1. The fourth-order valence-corrected chi connectivity index (χ4v) is 2.18. The molecule has 0 saturated heterocycles. The van der Waals surface area contributed by atoms with Crippen LogP contribution in [0.1, 0.15) is 25.8 Å². The lowest BCUT2D eigenvalue weighted by molar-refractivity contribution is -0.118. The Bertz CT molecular complexity index is 564. The summed E-state index contributed by atoms with van der Waals surface area (Å²) in [5.74, 6) is 1.29. The maximum absolute atomic E-state index is 11.7. The van der Waals surface area contributed by atoms with E-state index in [1.54, 1.807) is 6.08 Å². The summed E-state index contributed by atoms with van der Waals surface area (Å²) < 4.78 is 5.59. The van der Waals surface area contributed by atoms with Crippen molar-refractivity contribution in [2.45, 2.75) is 20.3 Å². The van der Waals surface area contributed by atoms with E-state index in [9.17, 15) is 9.59 Å². The average Bonchev–Trinajstić information content (AvgIpc) is 2.50. The van der Waals surface area contributed by atoms with Gasteiger partial charge in [0.2, 0.25) is 11.0 Å². The molecule has 0 aliphatic rings. The Hall–Kier alpha value is -2.01. The number of benzene rings is 1. The van der Waals surface area contributed by atoms with Crippen LogP contribution in [0.3, 0.4) is 0 Å². The molecule has 0 saturated carbocycles. The van der Waals surface area contributed by atoms with Gasteiger partial charge in [0.1, 0.15) is 5.75 Å². The van der Waals surface area contributed by atoms with Gasteiger partial charge in [-0.05, 0) is 30.7 Å². The van der Waals surface area contributed by atoms with E-state index in [0.717, 1.165) is 23.3 Å². The standard InChI is InChI=1S/C18H23NO3S/c1-14(2)10-12-22-17-7-4-16(5-8-17)6-9-18(21)23-13-11-19-15(3)20/h4-9H,1,10-13H2,2-3H3,(H,19,20)/b9-6+. The second kappa shape index (κ2) is 10.7. The van der Waals surface area contributed by atoms with Crippen LogP contribution in [0, 0.1) is 0 Å². The van der Waals surface area contributed by atoms with Crippen molar-refractivity contribution in [3.05, 3.63) is 48.1 Å². The van der Waals surface area contributed by atoms with E-state index in [0.29, 0.717) is 18.9 Å². The first-order chi connectivity index (χ1) is 11.0. The zero-order valence-corrected chi connectivity index (χ0v) is 14.4. The van der Waals surface area contributed by atoms with Crippen LogP contribution in [0.25, 0.3) is 6.08 Å². The number of carbonyl (C=O) groups is 2. The molecule has 23 heavy (non-hydrogen) atoms. The first kappa shape index (κ1) is 19.0. The van der Waals surface area contributed by atoms with Crippen LogP contribution >= 0.6 is 11.8 Å². The van der Waals surface area contributed by atoms with Gasteiger partial charge in [0, 0.05) is 25.6 Å². The molecule has 0 atom stereocenters. The smallest absolute Gasteiger partial charge is 0.216 e. The van der Waals surface area contributed by atoms with Crippen LogP contribution in [-0.4, -0.2) is 29.9 Å². The Morgan fingerprint density at radius 2 is 1.96 bits per heavy atom. The van der Waals surface area contributed by atoms with E-state index in [2.05, 4.69) is 11.9 Å². The summed E-state index contributed by atoms with van der Waals surface area (Å²) in [5, 5.41) is 2.62. The molecule has 0 unspecified atom stereocenters. The van der Waals surface area contributed by atoms with Crippen molar-refractivity contribution in [2.24, 2.45) is 0 Å². The Morgan fingerprint density at radius 1 is 1.26 bits per heavy atom. The van der Waals surface area contributed by atoms with Crippen molar-refractivity contribution < 1.29 is 14.3 Å². The molecular formula is C18H23NO3S. The zero-order valence-electron chi connectivity index (χ0n) is 13.6. The van der Waals surface area contributed by atoms with Crippen LogP contribution in [0.2, 0.25) is 0 Å². The minimum atomic E-state index is -0.0841. The monoisotopic (exact) mass is 333 g/mol. The normalized spacial score (nSPS) is 10.5. The topological polar surface area (TPSA) is 55.4 Å². The highest BCUT2D eigenvalue weighted by molar-refractivity contribution is 8.14. The van der Waals surface area contributed by atoms with Gasteiger partial charge in [-0.3, -0.25) is 9.59 Å². The van der Waals surface area contributed by atoms with Gasteiger partial charge in [0.25, 0.3) is 0 Å². The highest BCUT2D eigenvalue weighted by Gasteiger charge is 1.99. The lowest BCUT2D eigenvalue weighted by atomic mass is 10.2. The minimum Gasteiger partial charge on any atom is -0.493 e. The van der Waals surface area contributed by atoms with Crippen LogP contribution in [0.15, 0.2) is 42.5 Å². The second-order valence-corrected chi connectivity index (χ2v) is 6.21. The number of rotatable bonds is 9. The molecule has 0 heterocycles. The van der Waals surface area contributed by atoms with E-state index >= 15 is 0 Å². The first-order valence-corrected chi connectivity index (χ1v) is 8.42. The number of hydrogen-bond donors (Lipinski definition) is 1. The third-order valence-corrected chi connectivity index (χ3v) is 3.64. The third kappa shape index (κ3) is 9.58. The molecule has 0 aromatic heterocycles. The van der Waals surface area contributed by atoms with Crippen LogP contribution in [-0.2, 0) is 9.59 Å². The molecule has 0 spiro atoms. The van der Waals surface area contributed by atoms with E-state index < -0.39 is 0 Å². The fraction of sp³-hybridized carbons (Fsp3) is 0.333. The van der Waals surface area contributed by atoms with Gasteiger partial charge in [-0.2, -0.15) is 0 Å². The van der Waals surface area contributed by atoms with Gasteiger partial charge in [-0.1, -0.05) is 35.5 Å². The van der Waals surface area contributed by atoms with Gasteiger partial charge in [-0.15, -0.1) is 6.58 Å². The Morgan fingerprint density at radius 3 is 2.57 bits per heavy atom. The number of amides is 1. The largest absolute Gasteiger partial charge is 0.493 e. The van der Waals surface area contributed by atoms with Gasteiger partial charge < -0.3 is 10.1 Å². The second-order valence-electron chi connectivity index (χ2n) is 5.11. The van der Waals surface area contributed by atoms with E-state index in [-0.39, 0.29) is 11.0 Å². The van der Waals surface area contributed by atoms with E-state index in [1.165, 1.54) is 24.8 Å². The minimum absolute atomic E-state index is 0.0304. The third-order valence-electron chi connectivity index (χ3n) is 2.81. The van der Waals surface area contributed by atoms with Crippen molar-refractivity contribution in [3.8, 4) is 5.75 Å². The molecule has 1 amide bonds. The summed E-state index contributed by atoms with van der Waals surface area (Å²) in [5.41, 5.74) is 2.03. The average molecular weight is 333 g/mol. The summed E-state index contributed by atoms with van der Waals surface area (Å²) >= 11 is 1.18. The quantitative estimate of drug-likeness (QED) is 0.427. The van der Waals surface area contributed by atoms with Crippen molar-refractivity contribution in [1.82, 2.24) is 5.32 Å². The molecule has 1 rings (SSSR count). The summed E-state index contributed by atoms with van der Waals surface area (Å²) in [6.07, 6.45) is 4.15. The fourth-order valence-electron chi connectivity index (χ4n) is 1.61. The predicted octanol–water partition coefficient (Wildman–Crippen LogP) is 3.44. The molecule has 0 bridgehead atoms. The molecule has 0 aliphatic heterocycles. The molecule has 4 nitrogen and oxygen atoms in total. The number of ether oxygens (including phenoxy) is 1. The van der Waals surface area contributed by atoms with E-state index in [1.807, 2.05) is 31.2 Å². The Labute approximate surface area is 142 Å². The Balaban J connectivity index is 2.34. The summed E-state index contributed by atoms with van der Waals surface area (Å²) in [6, 6.07) is 7.57. The van der Waals surface area contributed by atoms with Crippen LogP contribution in [0.4, 0.5) is 0 Å². The number of hydrogen-bond acceptors (Lipinski definition) is 4. The summed E-state index contributed by atoms with van der Waals surface area (Å²) in [4.78, 5) is 22.4. The highest BCUT2D eigenvalue weighted by atomic mass is 32.2. The van der Waals surface area contributed by atoms with E-state index in [4.69, 9.17) is 4.74 Å². The van der Waals surface area contributed by atoms with Crippen molar-refractivity contribution in [2.75, 3.05) is 18.9 Å².